The van der Waals surface area contributed by atoms with E-state index in [2.05, 4.69) is 18.8 Å². The number of carbonyl (C=O) groups is 1. The second kappa shape index (κ2) is 13.3. The van der Waals surface area contributed by atoms with E-state index in [1.165, 1.54) is 0 Å². The fourth-order valence-electron chi connectivity index (χ4n) is 4.41. The van der Waals surface area contributed by atoms with Gasteiger partial charge in [-0.05, 0) is 63.8 Å². The lowest BCUT2D eigenvalue weighted by Gasteiger charge is -2.39. The maximum atomic E-state index is 15.4. The third kappa shape index (κ3) is 8.44. The molecule has 2 aromatic rings. The van der Waals surface area contributed by atoms with Gasteiger partial charge in [-0.15, -0.1) is 0 Å². The number of rotatable bonds is 11. The maximum Gasteiger partial charge on any atom is 0.410 e. The van der Waals surface area contributed by atoms with E-state index in [-0.39, 0.29) is 13.0 Å². The van der Waals surface area contributed by atoms with Crippen molar-refractivity contribution < 1.29 is 27.8 Å². The predicted octanol–water partition coefficient (Wildman–Crippen LogP) is 7.57. The van der Waals surface area contributed by atoms with E-state index in [0.717, 1.165) is 42.0 Å². The molecule has 1 fully saturated rings. The van der Waals surface area contributed by atoms with Gasteiger partial charge in [0.1, 0.15) is 11.3 Å². The summed E-state index contributed by atoms with van der Waals surface area (Å²) in [4.78, 5) is 20.0. The SMILES string of the molecule is CCCCOc1ccc(N(C)c2cccc(C3CCN(C(=O)OC(C)(C)C)CC3(F)F)c2)c(OCCCC)n1. The van der Waals surface area contributed by atoms with Crippen LogP contribution in [-0.2, 0) is 4.74 Å². The summed E-state index contributed by atoms with van der Waals surface area (Å²) in [5, 5.41) is 0. The molecule has 216 valence electrons. The van der Waals surface area contributed by atoms with Crippen LogP contribution in [0.25, 0.3) is 0 Å². The summed E-state index contributed by atoms with van der Waals surface area (Å²) in [6, 6.07) is 10.8. The van der Waals surface area contributed by atoms with Gasteiger partial charge in [0.2, 0.25) is 11.8 Å². The topological polar surface area (TPSA) is 64.1 Å². The molecule has 39 heavy (non-hydrogen) atoms. The van der Waals surface area contributed by atoms with E-state index < -0.39 is 30.1 Å². The number of carbonyl (C=O) groups excluding carboxylic acids is 1. The van der Waals surface area contributed by atoms with Crippen LogP contribution in [0.15, 0.2) is 36.4 Å². The van der Waals surface area contributed by atoms with Crippen LogP contribution in [0, 0.1) is 0 Å². The quantitative estimate of drug-likeness (QED) is 0.271. The highest BCUT2D eigenvalue weighted by atomic mass is 19.3. The van der Waals surface area contributed by atoms with E-state index >= 15 is 8.78 Å². The zero-order chi connectivity index (χ0) is 28.6. The summed E-state index contributed by atoms with van der Waals surface area (Å²) in [5.41, 5.74) is 1.24. The minimum Gasteiger partial charge on any atom is -0.478 e. The molecule has 0 radical (unpaired) electrons. The number of anilines is 2. The molecule has 2 heterocycles. The minimum atomic E-state index is -3.10. The van der Waals surface area contributed by atoms with Crippen molar-refractivity contribution in [3.05, 3.63) is 42.0 Å². The number of hydrogen-bond donors (Lipinski definition) is 0. The molecule has 0 spiro atoms. The molecule has 1 aliphatic heterocycles. The third-order valence-electron chi connectivity index (χ3n) is 6.57. The van der Waals surface area contributed by atoms with Gasteiger partial charge < -0.3 is 24.0 Å². The zero-order valence-corrected chi connectivity index (χ0v) is 24.1. The molecular formula is C30H43F2N3O4. The average Bonchev–Trinajstić information content (AvgIpc) is 2.87. The number of piperidine rings is 1. The number of pyridine rings is 1. The van der Waals surface area contributed by atoms with Crippen LogP contribution in [0.5, 0.6) is 11.8 Å². The number of unbranched alkanes of at least 4 members (excludes halogenated alkanes) is 2. The molecule has 1 atom stereocenters. The first-order valence-corrected chi connectivity index (χ1v) is 13.9. The Labute approximate surface area is 231 Å². The van der Waals surface area contributed by atoms with Gasteiger partial charge in [0.05, 0.1) is 25.7 Å². The summed E-state index contributed by atoms with van der Waals surface area (Å²) in [5.74, 6) is -3.17. The van der Waals surface area contributed by atoms with Crippen molar-refractivity contribution in [2.45, 2.75) is 84.2 Å². The molecule has 0 aliphatic carbocycles. The number of amides is 1. The highest BCUT2D eigenvalue weighted by Gasteiger charge is 2.47. The van der Waals surface area contributed by atoms with Crippen LogP contribution in [0.1, 0.15) is 78.2 Å². The second-order valence-electron chi connectivity index (χ2n) is 11.0. The van der Waals surface area contributed by atoms with Crippen molar-refractivity contribution >= 4 is 17.5 Å². The van der Waals surface area contributed by atoms with Gasteiger partial charge in [-0.2, -0.15) is 4.98 Å². The molecule has 0 N–H and O–H groups in total. The van der Waals surface area contributed by atoms with Crippen LogP contribution in [0.2, 0.25) is 0 Å². The maximum absolute atomic E-state index is 15.4. The van der Waals surface area contributed by atoms with Gasteiger partial charge in [-0.3, -0.25) is 0 Å². The highest BCUT2D eigenvalue weighted by Crippen LogP contribution is 2.42. The number of likely N-dealkylation sites (tertiary alicyclic amines) is 1. The monoisotopic (exact) mass is 547 g/mol. The first kappa shape index (κ1) is 30.4. The number of alkyl halides is 2. The smallest absolute Gasteiger partial charge is 0.410 e. The van der Waals surface area contributed by atoms with Crippen molar-refractivity contribution in [3.8, 4) is 11.8 Å². The van der Waals surface area contributed by atoms with Gasteiger partial charge in [0, 0.05) is 25.3 Å². The minimum absolute atomic E-state index is 0.135. The van der Waals surface area contributed by atoms with Crippen LogP contribution < -0.4 is 14.4 Å². The first-order chi connectivity index (χ1) is 18.4. The summed E-state index contributed by atoms with van der Waals surface area (Å²) < 4.78 is 47.8. The standard InChI is InChI=1S/C30H43F2N3O4/c1-7-9-18-37-26-15-14-25(27(33-26)38-19-10-8-2)34(6)23-13-11-12-22(20-23)24-16-17-35(21-30(24,31)32)28(36)39-29(3,4)5/h11-15,20,24H,7-10,16-19,21H2,1-6H3. The predicted molar refractivity (Wildman–Crippen MR) is 150 cm³/mol. The molecular weight excluding hydrogens is 504 g/mol. The number of benzene rings is 1. The summed E-state index contributed by atoms with van der Waals surface area (Å²) in [7, 11) is 1.86. The second-order valence-corrected chi connectivity index (χ2v) is 11.0. The van der Waals surface area contributed by atoms with Crippen molar-refractivity contribution in [1.82, 2.24) is 9.88 Å². The van der Waals surface area contributed by atoms with Crippen molar-refractivity contribution in [3.63, 3.8) is 0 Å². The van der Waals surface area contributed by atoms with Crippen molar-refractivity contribution in [2.75, 3.05) is 38.3 Å². The molecule has 1 aliphatic rings. The molecule has 1 aromatic heterocycles. The molecule has 1 aromatic carbocycles. The van der Waals surface area contributed by atoms with Crippen LogP contribution in [0.4, 0.5) is 25.0 Å². The number of nitrogens with zero attached hydrogens (tertiary/aromatic N) is 3. The molecule has 1 saturated heterocycles. The normalized spacial score (nSPS) is 17.0. The molecule has 0 bridgehead atoms. The third-order valence-corrected chi connectivity index (χ3v) is 6.57. The van der Waals surface area contributed by atoms with Crippen molar-refractivity contribution in [1.29, 1.82) is 0 Å². The van der Waals surface area contributed by atoms with Gasteiger partial charge in [-0.1, -0.05) is 38.8 Å². The summed E-state index contributed by atoms with van der Waals surface area (Å²) >= 11 is 0. The van der Waals surface area contributed by atoms with E-state index in [0.29, 0.717) is 30.5 Å². The number of halogens is 2. The Kier molecular flexibility index (Phi) is 10.4. The average molecular weight is 548 g/mol. The lowest BCUT2D eigenvalue weighted by molar-refractivity contribution is -0.0848. The Hall–Kier alpha value is -3.10. The summed E-state index contributed by atoms with van der Waals surface area (Å²) in [6.45, 7) is 9.98. The number of hydrogen-bond acceptors (Lipinski definition) is 6. The molecule has 7 nitrogen and oxygen atoms in total. The van der Waals surface area contributed by atoms with E-state index in [1.54, 1.807) is 45.0 Å². The van der Waals surface area contributed by atoms with Gasteiger partial charge in [0.25, 0.3) is 5.92 Å². The first-order valence-electron chi connectivity index (χ1n) is 13.9. The van der Waals surface area contributed by atoms with Gasteiger partial charge in [-0.25, -0.2) is 13.6 Å². The van der Waals surface area contributed by atoms with E-state index in [1.807, 2.05) is 24.1 Å². The Morgan fingerprint density at radius 1 is 1.10 bits per heavy atom. The van der Waals surface area contributed by atoms with Gasteiger partial charge in [0.15, 0.2) is 0 Å². The van der Waals surface area contributed by atoms with Crippen LogP contribution in [0.3, 0.4) is 0 Å². The Balaban J connectivity index is 1.81. The molecule has 9 heteroatoms. The number of aromatic nitrogens is 1. The Morgan fingerprint density at radius 3 is 2.44 bits per heavy atom. The molecule has 3 rings (SSSR count). The van der Waals surface area contributed by atoms with E-state index in [4.69, 9.17) is 14.2 Å². The Morgan fingerprint density at radius 2 is 1.79 bits per heavy atom. The summed E-state index contributed by atoms with van der Waals surface area (Å²) in [6.07, 6.45) is 3.26. The highest BCUT2D eigenvalue weighted by molar-refractivity contribution is 5.69. The van der Waals surface area contributed by atoms with Gasteiger partial charge >= 0.3 is 6.09 Å². The Bertz CT molecular complexity index is 1090. The largest absolute Gasteiger partial charge is 0.478 e. The lowest BCUT2D eigenvalue weighted by Crippen LogP contribution is -2.50. The fraction of sp³-hybridized carbons (Fsp3) is 0.600. The van der Waals surface area contributed by atoms with Crippen LogP contribution in [-0.4, -0.2) is 60.9 Å². The fourth-order valence-corrected chi connectivity index (χ4v) is 4.41. The van der Waals surface area contributed by atoms with Crippen molar-refractivity contribution in [2.24, 2.45) is 0 Å². The van der Waals surface area contributed by atoms with Crippen LogP contribution >= 0.6 is 0 Å². The molecule has 0 saturated carbocycles. The van der Waals surface area contributed by atoms with E-state index in [9.17, 15) is 4.79 Å². The molecule has 1 amide bonds. The zero-order valence-electron chi connectivity index (χ0n) is 24.1. The molecule has 1 unspecified atom stereocenters. The lowest BCUT2D eigenvalue weighted by atomic mass is 9.86. The number of ether oxygens (including phenoxy) is 3.